The number of nitrogens with zero attached hydrogens (tertiary/aromatic N) is 3. The van der Waals surface area contributed by atoms with E-state index in [2.05, 4.69) is 4.90 Å². The van der Waals surface area contributed by atoms with Gasteiger partial charge in [0.1, 0.15) is 6.04 Å². The Morgan fingerprint density at radius 1 is 1.20 bits per heavy atom. The standard InChI is InChI=1S/C25H34F3N3O4/c1-35-23(34)20(6-3-11-29-13-10-24(8-9-24)21(32)17-29)31-15-14-30(12-7-22(31)33)19-5-2-4-18(16-19)25(26,27)28/h2,4-5,16,20-21,32H,3,6-15,17H2,1H3/t20?,21-/m1/s1. The fourth-order valence-electron chi connectivity index (χ4n) is 5.37. The summed E-state index contributed by atoms with van der Waals surface area (Å²) in [6.45, 7) is 3.10. The molecule has 10 heteroatoms. The second-order valence-corrected chi connectivity index (χ2v) is 9.98. The van der Waals surface area contributed by atoms with Crippen LogP contribution >= 0.6 is 0 Å². The van der Waals surface area contributed by atoms with E-state index in [-0.39, 0.29) is 36.9 Å². The zero-order valence-corrected chi connectivity index (χ0v) is 20.1. The molecular weight excluding hydrogens is 463 g/mol. The van der Waals surface area contributed by atoms with Crippen molar-refractivity contribution in [1.82, 2.24) is 9.80 Å². The highest BCUT2D eigenvalue weighted by atomic mass is 19.4. The molecular formula is C25H34F3N3O4. The number of ether oxygens (including phenoxy) is 1. The Morgan fingerprint density at radius 3 is 2.63 bits per heavy atom. The van der Waals surface area contributed by atoms with Crippen LogP contribution in [-0.4, -0.2) is 85.3 Å². The molecule has 1 aliphatic carbocycles. The SMILES string of the molecule is COC(=O)C(CCCN1CCC2(CC2)[C@H](O)C1)N1CCN(c2cccc(C(F)(F)F)c2)CCC1=O. The first-order chi connectivity index (χ1) is 16.6. The second-order valence-electron chi connectivity index (χ2n) is 9.98. The van der Waals surface area contributed by atoms with Crippen LogP contribution in [0.2, 0.25) is 0 Å². The van der Waals surface area contributed by atoms with Gasteiger partial charge in [0, 0.05) is 38.3 Å². The third-order valence-electron chi connectivity index (χ3n) is 7.82. The molecule has 2 saturated heterocycles. The van der Waals surface area contributed by atoms with E-state index < -0.39 is 23.8 Å². The summed E-state index contributed by atoms with van der Waals surface area (Å²) in [5, 5.41) is 10.4. The fraction of sp³-hybridized carbons (Fsp3) is 0.680. The van der Waals surface area contributed by atoms with Crippen molar-refractivity contribution in [2.45, 2.75) is 56.8 Å². The molecule has 2 aliphatic heterocycles. The maximum atomic E-state index is 13.1. The van der Waals surface area contributed by atoms with Gasteiger partial charge in [0.2, 0.25) is 5.91 Å². The lowest BCUT2D eigenvalue weighted by Crippen LogP contribution is -2.48. The zero-order chi connectivity index (χ0) is 25.2. The Bertz CT molecular complexity index is 921. The first-order valence-corrected chi connectivity index (χ1v) is 12.3. The number of benzene rings is 1. The average molecular weight is 498 g/mol. The smallest absolute Gasteiger partial charge is 0.416 e. The second kappa shape index (κ2) is 10.3. The van der Waals surface area contributed by atoms with Gasteiger partial charge in [-0.15, -0.1) is 0 Å². The van der Waals surface area contributed by atoms with Crippen LogP contribution in [0.25, 0.3) is 0 Å². The average Bonchev–Trinajstić information content (AvgIpc) is 3.63. The predicted molar refractivity (Wildman–Crippen MR) is 124 cm³/mol. The van der Waals surface area contributed by atoms with Crippen LogP contribution in [0.15, 0.2) is 24.3 Å². The number of likely N-dealkylation sites (tertiary alicyclic amines) is 1. The number of aliphatic hydroxyl groups excluding tert-OH is 1. The monoisotopic (exact) mass is 497 g/mol. The summed E-state index contributed by atoms with van der Waals surface area (Å²) in [5.41, 5.74) is -0.193. The van der Waals surface area contributed by atoms with Gasteiger partial charge in [0.15, 0.2) is 0 Å². The van der Waals surface area contributed by atoms with Crippen molar-refractivity contribution in [3.8, 4) is 0 Å². The van der Waals surface area contributed by atoms with Gasteiger partial charge in [-0.2, -0.15) is 13.2 Å². The number of rotatable bonds is 7. The molecule has 194 valence electrons. The van der Waals surface area contributed by atoms with Crippen molar-refractivity contribution in [2.75, 3.05) is 51.3 Å². The maximum Gasteiger partial charge on any atom is 0.416 e. The number of hydrogen-bond acceptors (Lipinski definition) is 6. The molecule has 0 radical (unpaired) electrons. The van der Waals surface area contributed by atoms with Crippen molar-refractivity contribution >= 4 is 17.6 Å². The van der Waals surface area contributed by atoms with Gasteiger partial charge in [-0.25, -0.2) is 4.79 Å². The number of amides is 1. The lowest BCUT2D eigenvalue weighted by molar-refractivity contribution is -0.153. The number of β-amino-alcohol motifs (C(OH)–C–C–N with tert-alkyl or cyclic N) is 1. The van der Waals surface area contributed by atoms with E-state index in [1.54, 1.807) is 11.0 Å². The third-order valence-corrected chi connectivity index (χ3v) is 7.82. The minimum Gasteiger partial charge on any atom is -0.467 e. The molecule has 1 spiro atoms. The number of methoxy groups -OCH3 is 1. The van der Waals surface area contributed by atoms with E-state index in [0.29, 0.717) is 31.6 Å². The molecule has 2 atom stereocenters. The quantitative estimate of drug-likeness (QED) is 0.584. The molecule has 1 unspecified atom stereocenters. The van der Waals surface area contributed by atoms with Crippen LogP contribution in [0.4, 0.5) is 18.9 Å². The van der Waals surface area contributed by atoms with Crippen LogP contribution < -0.4 is 4.90 Å². The van der Waals surface area contributed by atoms with Crippen molar-refractivity contribution in [1.29, 1.82) is 0 Å². The minimum absolute atomic E-state index is 0.101. The van der Waals surface area contributed by atoms with Crippen LogP contribution in [0.3, 0.4) is 0 Å². The molecule has 0 aromatic heterocycles. The number of carbonyl (C=O) groups is 2. The number of carbonyl (C=O) groups excluding carboxylic acids is 2. The largest absolute Gasteiger partial charge is 0.467 e. The van der Waals surface area contributed by atoms with E-state index in [1.165, 1.54) is 18.1 Å². The topological polar surface area (TPSA) is 73.3 Å². The van der Waals surface area contributed by atoms with Crippen molar-refractivity contribution in [2.24, 2.45) is 5.41 Å². The van der Waals surface area contributed by atoms with Gasteiger partial charge in [-0.1, -0.05) is 6.07 Å². The highest BCUT2D eigenvalue weighted by molar-refractivity contribution is 5.85. The molecule has 1 aromatic rings. The van der Waals surface area contributed by atoms with Gasteiger partial charge in [0.25, 0.3) is 0 Å². The van der Waals surface area contributed by atoms with Crippen molar-refractivity contribution in [3.63, 3.8) is 0 Å². The summed E-state index contributed by atoms with van der Waals surface area (Å²) in [4.78, 5) is 31.0. The van der Waals surface area contributed by atoms with Crippen LogP contribution in [0.1, 0.15) is 44.1 Å². The van der Waals surface area contributed by atoms with Crippen molar-refractivity contribution < 1.29 is 32.6 Å². The lowest BCUT2D eigenvalue weighted by atomic mass is 9.90. The zero-order valence-electron chi connectivity index (χ0n) is 20.1. The minimum atomic E-state index is -4.44. The number of anilines is 1. The lowest BCUT2D eigenvalue weighted by Gasteiger charge is -2.36. The summed E-state index contributed by atoms with van der Waals surface area (Å²) in [6.07, 6.45) is -0.359. The number of aliphatic hydroxyl groups is 1. The van der Waals surface area contributed by atoms with E-state index >= 15 is 0 Å². The Hall–Kier alpha value is -2.33. The van der Waals surface area contributed by atoms with Crippen LogP contribution in [0.5, 0.6) is 0 Å². The summed E-state index contributed by atoms with van der Waals surface area (Å²) in [5.74, 6) is -0.694. The summed E-state index contributed by atoms with van der Waals surface area (Å²) >= 11 is 0. The van der Waals surface area contributed by atoms with Gasteiger partial charge in [-0.05, 0) is 68.8 Å². The molecule has 1 N–H and O–H groups in total. The molecule has 4 rings (SSSR count). The first kappa shape index (κ1) is 25.8. The van der Waals surface area contributed by atoms with Gasteiger partial charge < -0.3 is 24.5 Å². The summed E-state index contributed by atoms with van der Waals surface area (Å²) in [7, 11) is 1.29. The van der Waals surface area contributed by atoms with Gasteiger partial charge in [0.05, 0.1) is 18.8 Å². The highest BCUT2D eigenvalue weighted by Crippen LogP contribution is 2.53. The third kappa shape index (κ3) is 5.91. The molecule has 1 saturated carbocycles. The Kier molecular flexibility index (Phi) is 7.61. The van der Waals surface area contributed by atoms with Gasteiger partial charge >= 0.3 is 12.1 Å². The molecule has 1 aromatic carbocycles. The predicted octanol–water partition coefficient (Wildman–Crippen LogP) is 2.91. The van der Waals surface area contributed by atoms with E-state index in [1.807, 2.05) is 0 Å². The van der Waals surface area contributed by atoms with Crippen molar-refractivity contribution in [3.05, 3.63) is 29.8 Å². The summed E-state index contributed by atoms with van der Waals surface area (Å²) in [6, 6.07) is 4.35. The normalized spacial score (nSPS) is 23.8. The number of esters is 1. The van der Waals surface area contributed by atoms with Crippen LogP contribution in [0, 0.1) is 5.41 Å². The fourth-order valence-corrected chi connectivity index (χ4v) is 5.37. The van der Waals surface area contributed by atoms with E-state index in [4.69, 9.17) is 4.74 Å². The number of halogens is 3. The Labute approximate surface area is 203 Å². The number of alkyl halides is 3. The molecule has 3 aliphatic rings. The molecule has 2 heterocycles. The Morgan fingerprint density at radius 2 is 1.97 bits per heavy atom. The maximum absolute atomic E-state index is 13.1. The molecule has 7 nitrogen and oxygen atoms in total. The van der Waals surface area contributed by atoms with Gasteiger partial charge in [-0.3, -0.25) is 4.79 Å². The number of hydrogen-bond donors (Lipinski definition) is 1. The van der Waals surface area contributed by atoms with E-state index in [9.17, 15) is 27.9 Å². The molecule has 35 heavy (non-hydrogen) atoms. The first-order valence-electron chi connectivity index (χ1n) is 12.3. The van der Waals surface area contributed by atoms with Crippen LogP contribution in [-0.2, 0) is 20.5 Å². The highest BCUT2D eigenvalue weighted by Gasteiger charge is 2.51. The molecule has 1 amide bonds. The summed E-state index contributed by atoms with van der Waals surface area (Å²) < 4.78 is 44.4. The Balaban J connectivity index is 1.36. The molecule has 0 bridgehead atoms. The number of piperidine rings is 1. The van der Waals surface area contributed by atoms with E-state index in [0.717, 1.165) is 44.5 Å². The molecule has 3 fully saturated rings.